The molecule has 0 saturated carbocycles. The maximum Gasteiger partial charge on any atom is 0.408 e. The molecule has 0 saturated heterocycles. The number of rotatable bonds is 6. The van der Waals surface area contributed by atoms with Gasteiger partial charge in [0, 0.05) is 6.42 Å². The van der Waals surface area contributed by atoms with E-state index >= 15 is 0 Å². The van der Waals surface area contributed by atoms with E-state index < -0.39 is 29.6 Å². The van der Waals surface area contributed by atoms with Crippen LogP contribution in [0.5, 0.6) is 0 Å². The molecule has 0 aliphatic heterocycles. The molecule has 0 bridgehead atoms. The standard InChI is InChI=1S/C20H28N2O5/c1-13(2)16(18(24)26-6)22-17(23)15(12-14-10-8-7-9-11-14)21-19(25)27-20(3,4)5/h7-11,15H,12H2,1-6H3,(H,21,25)(H,22,23)/t15-/m0/s1. The SMILES string of the molecule is COC(=O)C(NC(=O)[C@H](Cc1ccccc1)NC(=O)OC(C)(C)C)=C(C)C. The van der Waals surface area contributed by atoms with Gasteiger partial charge >= 0.3 is 12.1 Å². The van der Waals surface area contributed by atoms with E-state index in [4.69, 9.17) is 9.47 Å². The van der Waals surface area contributed by atoms with Crippen molar-refractivity contribution in [2.24, 2.45) is 0 Å². The van der Waals surface area contributed by atoms with E-state index in [1.807, 2.05) is 30.3 Å². The minimum absolute atomic E-state index is 0.0477. The summed E-state index contributed by atoms with van der Waals surface area (Å²) in [6, 6.07) is 8.30. The first-order chi connectivity index (χ1) is 12.5. The van der Waals surface area contributed by atoms with Gasteiger partial charge in [-0.25, -0.2) is 9.59 Å². The number of alkyl carbamates (subject to hydrolysis) is 1. The molecule has 0 unspecified atom stereocenters. The van der Waals surface area contributed by atoms with E-state index in [0.717, 1.165) is 5.56 Å². The quantitative estimate of drug-likeness (QED) is 0.588. The van der Waals surface area contributed by atoms with Crippen molar-refractivity contribution in [2.75, 3.05) is 7.11 Å². The van der Waals surface area contributed by atoms with Gasteiger partial charge in [0.15, 0.2) is 0 Å². The average Bonchev–Trinajstić information content (AvgIpc) is 2.57. The van der Waals surface area contributed by atoms with Crippen molar-refractivity contribution in [3.05, 3.63) is 47.2 Å². The number of nitrogens with one attached hydrogen (secondary N) is 2. The van der Waals surface area contributed by atoms with Crippen molar-refractivity contribution in [1.29, 1.82) is 0 Å². The molecule has 148 valence electrons. The highest BCUT2D eigenvalue weighted by Gasteiger charge is 2.27. The van der Waals surface area contributed by atoms with Gasteiger partial charge in [-0.15, -0.1) is 0 Å². The lowest BCUT2D eigenvalue weighted by Crippen LogP contribution is -2.49. The lowest BCUT2D eigenvalue weighted by atomic mass is 10.1. The first-order valence-electron chi connectivity index (χ1n) is 8.63. The molecule has 2 amide bonds. The summed E-state index contributed by atoms with van der Waals surface area (Å²) in [4.78, 5) is 36.8. The maximum absolute atomic E-state index is 12.8. The third-order valence-electron chi connectivity index (χ3n) is 3.43. The van der Waals surface area contributed by atoms with E-state index in [9.17, 15) is 14.4 Å². The van der Waals surface area contributed by atoms with Gasteiger partial charge in [-0.05, 0) is 45.8 Å². The second kappa shape index (κ2) is 9.75. The van der Waals surface area contributed by atoms with Gasteiger partial charge < -0.3 is 20.1 Å². The third kappa shape index (κ3) is 7.94. The molecule has 1 aromatic carbocycles. The highest BCUT2D eigenvalue weighted by molar-refractivity contribution is 5.96. The Kier molecular flexibility index (Phi) is 8.02. The smallest absolute Gasteiger partial charge is 0.408 e. The van der Waals surface area contributed by atoms with Gasteiger partial charge in [0.25, 0.3) is 0 Å². The van der Waals surface area contributed by atoms with Crippen LogP contribution in [0.25, 0.3) is 0 Å². The lowest BCUT2D eigenvalue weighted by molar-refractivity contribution is -0.138. The van der Waals surface area contributed by atoms with Crippen molar-refractivity contribution in [3.8, 4) is 0 Å². The summed E-state index contributed by atoms with van der Waals surface area (Å²) < 4.78 is 9.94. The first-order valence-corrected chi connectivity index (χ1v) is 8.63. The Bertz CT molecular complexity index is 701. The fourth-order valence-corrected chi connectivity index (χ4v) is 2.20. The van der Waals surface area contributed by atoms with E-state index in [1.165, 1.54) is 7.11 Å². The Morgan fingerprint density at radius 3 is 2.15 bits per heavy atom. The Morgan fingerprint density at radius 2 is 1.67 bits per heavy atom. The number of hydrogen-bond donors (Lipinski definition) is 2. The van der Waals surface area contributed by atoms with Crippen LogP contribution in [0.1, 0.15) is 40.2 Å². The lowest BCUT2D eigenvalue weighted by Gasteiger charge is -2.23. The zero-order valence-corrected chi connectivity index (χ0v) is 16.7. The zero-order chi connectivity index (χ0) is 20.6. The Hall–Kier alpha value is -2.83. The summed E-state index contributed by atoms with van der Waals surface area (Å²) in [5, 5.41) is 5.13. The molecule has 7 nitrogen and oxygen atoms in total. The average molecular weight is 376 g/mol. The fourth-order valence-electron chi connectivity index (χ4n) is 2.20. The summed E-state index contributed by atoms with van der Waals surface area (Å²) in [7, 11) is 1.23. The highest BCUT2D eigenvalue weighted by atomic mass is 16.6. The molecular formula is C20H28N2O5. The molecule has 0 heterocycles. The first kappa shape index (κ1) is 22.2. The monoisotopic (exact) mass is 376 g/mol. The molecule has 1 atom stereocenters. The number of ether oxygens (including phenoxy) is 2. The Labute approximate surface area is 160 Å². The molecule has 27 heavy (non-hydrogen) atoms. The predicted octanol–water partition coefficient (Wildman–Crippen LogP) is 2.71. The van der Waals surface area contributed by atoms with Gasteiger partial charge in [-0.1, -0.05) is 30.3 Å². The van der Waals surface area contributed by atoms with Crippen molar-refractivity contribution < 1.29 is 23.9 Å². The molecule has 0 fully saturated rings. The van der Waals surface area contributed by atoms with Crippen LogP contribution in [-0.2, 0) is 25.5 Å². The van der Waals surface area contributed by atoms with Crippen LogP contribution < -0.4 is 10.6 Å². The highest BCUT2D eigenvalue weighted by Crippen LogP contribution is 2.10. The van der Waals surface area contributed by atoms with Gasteiger partial charge in [0.2, 0.25) is 5.91 Å². The number of benzene rings is 1. The van der Waals surface area contributed by atoms with E-state index in [-0.39, 0.29) is 12.1 Å². The topological polar surface area (TPSA) is 93.7 Å². The number of allylic oxidation sites excluding steroid dienone is 1. The van der Waals surface area contributed by atoms with Crippen molar-refractivity contribution >= 4 is 18.0 Å². The van der Waals surface area contributed by atoms with E-state index in [1.54, 1.807) is 34.6 Å². The van der Waals surface area contributed by atoms with Gasteiger partial charge in [0.1, 0.15) is 17.3 Å². The molecule has 2 N–H and O–H groups in total. The number of carbonyl (C=O) groups is 3. The summed E-state index contributed by atoms with van der Waals surface area (Å²) in [6.45, 7) is 8.56. The molecule has 0 aliphatic rings. The Balaban J connectivity index is 3.01. The molecule has 0 radical (unpaired) electrons. The Morgan fingerprint density at radius 1 is 1.07 bits per heavy atom. The van der Waals surface area contributed by atoms with Crippen molar-refractivity contribution in [1.82, 2.24) is 10.6 Å². The maximum atomic E-state index is 12.8. The second-order valence-corrected chi connectivity index (χ2v) is 7.24. The van der Waals surface area contributed by atoms with Crippen LogP contribution in [0.15, 0.2) is 41.6 Å². The summed E-state index contributed by atoms with van der Waals surface area (Å²) in [5.74, 6) is -1.19. The van der Waals surface area contributed by atoms with Gasteiger partial charge in [0.05, 0.1) is 7.11 Å². The van der Waals surface area contributed by atoms with Crippen LogP contribution in [0, 0.1) is 0 Å². The van der Waals surface area contributed by atoms with Crippen LogP contribution in [0.2, 0.25) is 0 Å². The number of amides is 2. The minimum Gasteiger partial charge on any atom is -0.464 e. The molecule has 1 aromatic rings. The molecule has 0 aliphatic carbocycles. The summed E-state index contributed by atoms with van der Waals surface area (Å²) in [6.07, 6.45) is -0.473. The number of methoxy groups -OCH3 is 1. The zero-order valence-electron chi connectivity index (χ0n) is 16.7. The van der Waals surface area contributed by atoms with E-state index in [2.05, 4.69) is 10.6 Å². The largest absolute Gasteiger partial charge is 0.464 e. The molecule has 7 heteroatoms. The summed E-state index contributed by atoms with van der Waals surface area (Å²) >= 11 is 0. The fraction of sp³-hybridized carbons (Fsp3) is 0.450. The molecule has 1 rings (SSSR count). The number of carbonyl (C=O) groups excluding carboxylic acids is 3. The van der Waals surface area contributed by atoms with E-state index in [0.29, 0.717) is 5.57 Å². The molecular weight excluding hydrogens is 348 g/mol. The normalized spacial score (nSPS) is 11.8. The molecule has 0 aromatic heterocycles. The molecule has 0 spiro atoms. The van der Waals surface area contributed by atoms with Crippen LogP contribution in [-0.4, -0.2) is 36.7 Å². The number of esters is 1. The van der Waals surface area contributed by atoms with Crippen LogP contribution in [0.3, 0.4) is 0 Å². The van der Waals surface area contributed by atoms with Crippen LogP contribution in [0.4, 0.5) is 4.79 Å². The van der Waals surface area contributed by atoms with Gasteiger partial charge in [-0.3, -0.25) is 4.79 Å². The van der Waals surface area contributed by atoms with Gasteiger partial charge in [-0.2, -0.15) is 0 Å². The second-order valence-electron chi connectivity index (χ2n) is 7.24. The van der Waals surface area contributed by atoms with Crippen molar-refractivity contribution in [2.45, 2.75) is 52.7 Å². The summed E-state index contributed by atoms with van der Waals surface area (Å²) in [5.41, 5.74) is 0.789. The predicted molar refractivity (Wildman–Crippen MR) is 102 cm³/mol. The minimum atomic E-state index is -0.929. The number of hydrogen-bond acceptors (Lipinski definition) is 5. The van der Waals surface area contributed by atoms with Crippen LogP contribution >= 0.6 is 0 Å². The third-order valence-corrected chi connectivity index (χ3v) is 3.43. The van der Waals surface area contributed by atoms with Crippen molar-refractivity contribution in [3.63, 3.8) is 0 Å².